The number of ether oxygens (including phenoxy) is 1. The summed E-state index contributed by atoms with van der Waals surface area (Å²) in [7, 11) is 0. The lowest BCUT2D eigenvalue weighted by Gasteiger charge is -2.14. The summed E-state index contributed by atoms with van der Waals surface area (Å²) in [5, 5.41) is 9.13. The molecule has 0 atom stereocenters. The van der Waals surface area contributed by atoms with Gasteiger partial charge in [-0.15, -0.1) is 0 Å². The maximum Gasteiger partial charge on any atom is 0.339 e. The van der Waals surface area contributed by atoms with Crippen LogP contribution in [0.25, 0.3) is 0 Å². The van der Waals surface area contributed by atoms with E-state index in [1.807, 2.05) is 13.8 Å². The van der Waals surface area contributed by atoms with Gasteiger partial charge in [-0.3, -0.25) is 0 Å². The predicted molar refractivity (Wildman–Crippen MR) is 78.4 cm³/mol. The third-order valence-corrected chi connectivity index (χ3v) is 3.33. The van der Waals surface area contributed by atoms with Crippen LogP contribution in [-0.4, -0.2) is 11.1 Å². The summed E-state index contributed by atoms with van der Waals surface area (Å²) in [5.74, 6) is -0.572. The zero-order valence-electron chi connectivity index (χ0n) is 11.9. The Bertz CT molecular complexity index is 621. The number of carboxylic acid groups (broad SMARTS) is 1. The van der Waals surface area contributed by atoms with Gasteiger partial charge in [0.2, 0.25) is 0 Å². The molecule has 2 rings (SSSR count). The molecular formula is C17H18O3. The van der Waals surface area contributed by atoms with Crippen LogP contribution >= 0.6 is 0 Å². The van der Waals surface area contributed by atoms with E-state index >= 15 is 0 Å². The van der Waals surface area contributed by atoms with Crippen molar-refractivity contribution in [1.82, 2.24) is 0 Å². The molecule has 2 aromatic carbocycles. The molecule has 0 fully saturated rings. The average molecular weight is 270 g/mol. The molecule has 20 heavy (non-hydrogen) atoms. The molecule has 0 aliphatic heterocycles. The van der Waals surface area contributed by atoms with Crippen molar-refractivity contribution < 1.29 is 14.6 Å². The van der Waals surface area contributed by atoms with Crippen LogP contribution in [0.15, 0.2) is 36.4 Å². The van der Waals surface area contributed by atoms with Crippen molar-refractivity contribution in [2.75, 3.05) is 0 Å². The molecule has 104 valence electrons. The molecule has 0 aliphatic rings. The van der Waals surface area contributed by atoms with Gasteiger partial charge in [-0.1, -0.05) is 29.8 Å². The van der Waals surface area contributed by atoms with Crippen molar-refractivity contribution in [3.63, 3.8) is 0 Å². The summed E-state index contributed by atoms with van der Waals surface area (Å²) in [5.41, 5.74) is 4.84. The van der Waals surface area contributed by atoms with E-state index in [0.717, 1.165) is 16.7 Å². The van der Waals surface area contributed by atoms with Crippen molar-refractivity contribution in [3.05, 3.63) is 64.2 Å². The van der Waals surface area contributed by atoms with Crippen LogP contribution in [0, 0.1) is 20.8 Å². The minimum Gasteiger partial charge on any atom is -0.488 e. The van der Waals surface area contributed by atoms with Crippen molar-refractivity contribution >= 4 is 5.97 Å². The number of carboxylic acids is 1. The molecule has 3 heteroatoms. The van der Waals surface area contributed by atoms with Gasteiger partial charge in [0.05, 0.1) is 0 Å². The first-order valence-corrected chi connectivity index (χ1v) is 6.51. The summed E-state index contributed by atoms with van der Waals surface area (Å²) in [4.78, 5) is 11.1. The van der Waals surface area contributed by atoms with Crippen LogP contribution in [0.4, 0.5) is 0 Å². The Hall–Kier alpha value is -2.29. The van der Waals surface area contributed by atoms with Crippen LogP contribution < -0.4 is 4.74 Å². The highest BCUT2D eigenvalue weighted by Crippen LogP contribution is 2.22. The smallest absolute Gasteiger partial charge is 0.339 e. The number of carbonyl (C=O) groups is 1. The van der Waals surface area contributed by atoms with Gasteiger partial charge < -0.3 is 9.84 Å². The highest BCUT2D eigenvalue weighted by Gasteiger charge is 2.11. The molecule has 0 bridgehead atoms. The minimum atomic E-state index is -0.974. The number of rotatable bonds is 4. The van der Waals surface area contributed by atoms with E-state index in [9.17, 15) is 4.79 Å². The standard InChI is InChI=1S/C17H18O3/c1-11-8-12(2)15(13(3)9-11)10-20-16-7-5-4-6-14(16)17(18)19/h4-9H,10H2,1-3H3,(H,18,19). The van der Waals surface area contributed by atoms with Crippen molar-refractivity contribution in [2.24, 2.45) is 0 Å². The Morgan fingerprint density at radius 3 is 2.30 bits per heavy atom. The van der Waals surface area contributed by atoms with Crippen molar-refractivity contribution in [1.29, 1.82) is 0 Å². The zero-order valence-corrected chi connectivity index (χ0v) is 11.9. The summed E-state index contributed by atoms with van der Waals surface area (Å²) in [6, 6.07) is 10.9. The molecule has 0 spiro atoms. The summed E-state index contributed by atoms with van der Waals surface area (Å²) < 4.78 is 5.71. The Morgan fingerprint density at radius 2 is 1.70 bits per heavy atom. The fraction of sp³-hybridized carbons (Fsp3) is 0.235. The maximum absolute atomic E-state index is 11.1. The lowest BCUT2D eigenvalue weighted by molar-refractivity contribution is 0.0692. The Balaban J connectivity index is 2.24. The molecule has 3 nitrogen and oxygen atoms in total. The van der Waals surface area contributed by atoms with Gasteiger partial charge in [-0.05, 0) is 49.6 Å². The van der Waals surface area contributed by atoms with Gasteiger partial charge in [-0.25, -0.2) is 4.79 Å². The predicted octanol–water partition coefficient (Wildman–Crippen LogP) is 3.89. The molecule has 0 unspecified atom stereocenters. The first kappa shape index (κ1) is 14.1. The number of aryl methyl sites for hydroxylation is 3. The molecule has 0 saturated carbocycles. The van der Waals surface area contributed by atoms with E-state index in [1.165, 1.54) is 5.56 Å². The quantitative estimate of drug-likeness (QED) is 0.916. The Kier molecular flexibility index (Phi) is 4.08. The lowest BCUT2D eigenvalue weighted by Crippen LogP contribution is -2.05. The van der Waals surface area contributed by atoms with Crippen LogP contribution in [0.3, 0.4) is 0 Å². The topological polar surface area (TPSA) is 46.5 Å². The average Bonchev–Trinajstić information content (AvgIpc) is 2.37. The van der Waals surface area contributed by atoms with E-state index in [4.69, 9.17) is 9.84 Å². The van der Waals surface area contributed by atoms with Crippen LogP contribution in [-0.2, 0) is 6.61 Å². The second-order valence-corrected chi connectivity index (χ2v) is 4.97. The second kappa shape index (κ2) is 5.78. The zero-order chi connectivity index (χ0) is 14.7. The molecule has 0 amide bonds. The summed E-state index contributed by atoms with van der Waals surface area (Å²) in [6.45, 7) is 6.52. The fourth-order valence-corrected chi connectivity index (χ4v) is 2.36. The van der Waals surface area contributed by atoms with Gasteiger partial charge in [0.1, 0.15) is 17.9 Å². The SMILES string of the molecule is Cc1cc(C)c(COc2ccccc2C(=O)O)c(C)c1. The molecule has 0 radical (unpaired) electrons. The monoisotopic (exact) mass is 270 g/mol. The fourth-order valence-electron chi connectivity index (χ4n) is 2.36. The third-order valence-electron chi connectivity index (χ3n) is 3.33. The van der Waals surface area contributed by atoms with Crippen LogP contribution in [0.2, 0.25) is 0 Å². The molecule has 0 aromatic heterocycles. The van der Waals surface area contributed by atoms with E-state index in [1.54, 1.807) is 24.3 Å². The molecule has 0 aliphatic carbocycles. The number of hydrogen-bond donors (Lipinski definition) is 1. The Labute approximate surface area is 118 Å². The maximum atomic E-state index is 11.1. The van der Waals surface area contributed by atoms with E-state index in [-0.39, 0.29) is 5.56 Å². The van der Waals surface area contributed by atoms with E-state index in [2.05, 4.69) is 19.1 Å². The molecule has 2 aromatic rings. The van der Waals surface area contributed by atoms with Gasteiger partial charge in [0.15, 0.2) is 0 Å². The number of benzene rings is 2. The molecule has 1 N–H and O–H groups in total. The normalized spacial score (nSPS) is 10.3. The Morgan fingerprint density at radius 1 is 1.10 bits per heavy atom. The summed E-state index contributed by atoms with van der Waals surface area (Å²) >= 11 is 0. The number of para-hydroxylation sites is 1. The first-order chi connectivity index (χ1) is 9.49. The van der Waals surface area contributed by atoms with E-state index in [0.29, 0.717) is 12.4 Å². The van der Waals surface area contributed by atoms with Gasteiger partial charge in [0, 0.05) is 0 Å². The largest absolute Gasteiger partial charge is 0.488 e. The highest BCUT2D eigenvalue weighted by atomic mass is 16.5. The highest BCUT2D eigenvalue weighted by molar-refractivity contribution is 5.90. The second-order valence-electron chi connectivity index (χ2n) is 4.97. The number of hydrogen-bond acceptors (Lipinski definition) is 2. The van der Waals surface area contributed by atoms with Gasteiger partial charge in [0.25, 0.3) is 0 Å². The minimum absolute atomic E-state index is 0.190. The van der Waals surface area contributed by atoms with Gasteiger partial charge in [-0.2, -0.15) is 0 Å². The lowest BCUT2D eigenvalue weighted by atomic mass is 10.0. The van der Waals surface area contributed by atoms with Crippen molar-refractivity contribution in [3.8, 4) is 5.75 Å². The van der Waals surface area contributed by atoms with E-state index < -0.39 is 5.97 Å². The first-order valence-electron chi connectivity index (χ1n) is 6.51. The third kappa shape index (κ3) is 2.99. The van der Waals surface area contributed by atoms with Crippen LogP contribution in [0.5, 0.6) is 5.75 Å². The van der Waals surface area contributed by atoms with Crippen molar-refractivity contribution in [2.45, 2.75) is 27.4 Å². The molecule has 0 heterocycles. The van der Waals surface area contributed by atoms with Gasteiger partial charge >= 0.3 is 5.97 Å². The molecular weight excluding hydrogens is 252 g/mol. The molecule has 0 saturated heterocycles. The van der Waals surface area contributed by atoms with Crippen LogP contribution in [0.1, 0.15) is 32.6 Å². The summed E-state index contributed by atoms with van der Waals surface area (Å²) in [6.07, 6.45) is 0. The number of aromatic carboxylic acids is 1.